The van der Waals surface area contributed by atoms with E-state index in [2.05, 4.69) is 50.6 Å². The van der Waals surface area contributed by atoms with Crippen LogP contribution in [0.15, 0.2) is 43.1 Å². The van der Waals surface area contributed by atoms with Gasteiger partial charge in [-0.1, -0.05) is 19.1 Å². The van der Waals surface area contributed by atoms with Gasteiger partial charge >= 0.3 is 0 Å². The maximum absolute atomic E-state index is 7.19. The first-order valence-corrected chi connectivity index (χ1v) is 10.4. The van der Waals surface area contributed by atoms with Gasteiger partial charge in [0.1, 0.15) is 12.4 Å². The van der Waals surface area contributed by atoms with Gasteiger partial charge in [-0.25, -0.2) is 4.98 Å². The molecule has 0 radical (unpaired) electrons. The van der Waals surface area contributed by atoms with Crippen LogP contribution in [0.1, 0.15) is 43.1 Å². The van der Waals surface area contributed by atoms with E-state index in [-0.39, 0.29) is 11.0 Å². The molecule has 3 aromatic rings. The van der Waals surface area contributed by atoms with Gasteiger partial charge in [-0.05, 0) is 42.4 Å². The van der Waals surface area contributed by atoms with Crippen LogP contribution in [0.5, 0.6) is 5.88 Å². The quantitative estimate of drug-likeness (QED) is 0.667. The fourth-order valence-electron chi connectivity index (χ4n) is 4.47. The van der Waals surface area contributed by atoms with Crippen LogP contribution >= 0.6 is 11.6 Å². The molecule has 1 fully saturated rings. The second-order valence-corrected chi connectivity index (χ2v) is 8.67. The van der Waals surface area contributed by atoms with Crippen molar-refractivity contribution in [2.24, 2.45) is 5.92 Å². The summed E-state index contributed by atoms with van der Waals surface area (Å²) in [5.74, 6) is 1.81. The zero-order valence-electron chi connectivity index (χ0n) is 16.3. The maximum Gasteiger partial charge on any atom is 0.232 e. The third-order valence-corrected chi connectivity index (χ3v) is 6.55. The number of nitrogens with zero attached hydrogens (tertiary/aromatic N) is 5. The lowest BCUT2D eigenvalue weighted by atomic mass is 9.76. The minimum atomic E-state index is -0.390. The summed E-state index contributed by atoms with van der Waals surface area (Å²) in [6, 6.07) is 6.53. The summed E-state index contributed by atoms with van der Waals surface area (Å²) >= 11 is 7.19. The maximum atomic E-state index is 7.19. The topological polar surface area (TPSA) is 77.8 Å². The van der Waals surface area contributed by atoms with Gasteiger partial charge in [-0.15, -0.1) is 21.8 Å². The normalized spacial score (nSPS) is 26.3. The first kappa shape index (κ1) is 18.5. The van der Waals surface area contributed by atoms with E-state index >= 15 is 0 Å². The number of alkyl halides is 1. The van der Waals surface area contributed by atoms with Gasteiger partial charge in [-0.2, -0.15) is 0 Å². The van der Waals surface area contributed by atoms with E-state index in [9.17, 15) is 0 Å². The second-order valence-electron chi connectivity index (χ2n) is 7.95. The molecule has 3 atom stereocenters. The van der Waals surface area contributed by atoms with Gasteiger partial charge in [0.25, 0.3) is 0 Å². The second kappa shape index (κ2) is 7.39. The summed E-state index contributed by atoms with van der Waals surface area (Å²) in [6.45, 7) is 3.69. The fraction of sp³-hybridized carbons (Fsp3) is 0.429. The van der Waals surface area contributed by atoms with Crippen molar-refractivity contribution < 1.29 is 4.74 Å². The highest BCUT2D eigenvalue weighted by Crippen LogP contribution is 2.46. The monoisotopic (exact) mass is 410 g/mol. The molecular weight excluding hydrogens is 388 g/mol. The van der Waals surface area contributed by atoms with Gasteiger partial charge in [0.15, 0.2) is 5.82 Å². The minimum Gasteiger partial charge on any atom is -0.473 e. The van der Waals surface area contributed by atoms with E-state index < -0.39 is 0 Å². The van der Waals surface area contributed by atoms with Crippen LogP contribution in [0.2, 0.25) is 0 Å². The molecule has 2 aromatic heterocycles. The fourth-order valence-corrected chi connectivity index (χ4v) is 4.94. The minimum absolute atomic E-state index is 0.0978. The Bertz CT molecular complexity index is 1010. The third kappa shape index (κ3) is 3.49. The Kier molecular flexibility index (Phi) is 4.72. The van der Waals surface area contributed by atoms with Crippen molar-refractivity contribution in [2.75, 3.05) is 0 Å². The molecule has 0 saturated heterocycles. The molecule has 0 spiro atoms. The van der Waals surface area contributed by atoms with E-state index in [4.69, 9.17) is 16.3 Å². The molecule has 2 aliphatic rings. The van der Waals surface area contributed by atoms with Crippen molar-refractivity contribution in [3.63, 3.8) is 0 Å². The molecule has 1 saturated carbocycles. The molecule has 1 aliphatic carbocycles. The molecule has 3 unspecified atom stereocenters. The van der Waals surface area contributed by atoms with Crippen molar-refractivity contribution in [1.82, 2.24) is 30.0 Å². The van der Waals surface area contributed by atoms with Gasteiger partial charge < -0.3 is 10.1 Å². The molecule has 1 aliphatic heterocycles. The number of halogens is 1. The standard InChI is InChI=1S/C21H23ClN6O/c1-14-9-21(22,5-4-18(14)29-20-12-23-6-7-25-20)16-2-3-17-15(8-16)10-24-11-19-27-26-13-28(17)19/h2-3,6-8,12-14,18,24H,4-5,9-11H2,1H3. The van der Waals surface area contributed by atoms with Crippen LogP contribution in [-0.4, -0.2) is 30.8 Å². The van der Waals surface area contributed by atoms with Crippen molar-refractivity contribution in [2.45, 2.75) is 50.3 Å². The van der Waals surface area contributed by atoms with Gasteiger partial charge in [-0.3, -0.25) is 9.55 Å². The van der Waals surface area contributed by atoms with Gasteiger partial charge in [0.2, 0.25) is 5.88 Å². The molecule has 0 bridgehead atoms. The summed E-state index contributed by atoms with van der Waals surface area (Å²) in [4.78, 5) is 7.93. The van der Waals surface area contributed by atoms with Crippen LogP contribution in [0.4, 0.5) is 0 Å². The lowest BCUT2D eigenvalue weighted by molar-refractivity contribution is 0.0804. The smallest absolute Gasteiger partial charge is 0.232 e. The molecule has 8 heteroatoms. The predicted molar refractivity (Wildman–Crippen MR) is 109 cm³/mol. The SMILES string of the molecule is CC1CC(Cl)(c2ccc3c(c2)CNCc2nncn2-3)CCC1Oc1cnccn1. The Morgan fingerprint density at radius 2 is 2.21 bits per heavy atom. The highest BCUT2D eigenvalue weighted by Gasteiger charge is 2.40. The van der Waals surface area contributed by atoms with Crippen LogP contribution < -0.4 is 10.1 Å². The molecule has 29 heavy (non-hydrogen) atoms. The lowest BCUT2D eigenvalue weighted by Crippen LogP contribution is -2.38. The molecule has 5 rings (SSSR count). The summed E-state index contributed by atoms with van der Waals surface area (Å²) in [7, 11) is 0. The first-order valence-electron chi connectivity index (χ1n) is 9.97. The number of fused-ring (bicyclic) bond motifs is 3. The number of aromatic nitrogens is 5. The number of rotatable bonds is 3. The summed E-state index contributed by atoms with van der Waals surface area (Å²) in [5, 5.41) is 11.7. The Hall–Kier alpha value is -2.51. The number of benzene rings is 1. The number of ether oxygens (including phenoxy) is 1. The molecule has 1 N–H and O–H groups in total. The van der Waals surface area contributed by atoms with Crippen LogP contribution in [-0.2, 0) is 18.0 Å². The number of nitrogens with one attached hydrogen (secondary N) is 1. The Balaban J connectivity index is 1.37. The van der Waals surface area contributed by atoms with E-state index in [0.29, 0.717) is 18.3 Å². The highest BCUT2D eigenvalue weighted by molar-refractivity contribution is 6.24. The number of hydrogen-bond acceptors (Lipinski definition) is 6. The molecule has 150 valence electrons. The average Bonchev–Trinajstić information content (AvgIpc) is 3.12. The third-order valence-electron chi connectivity index (χ3n) is 5.99. The molecule has 0 amide bonds. The summed E-state index contributed by atoms with van der Waals surface area (Å²) in [6.07, 6.45) is 9.42. The number of hydrogen-bond donors (Lipinski definition) is 1. The van der Waals surface area contributed by atoms with Crippen LogP contribution in [0.3, 0.4) is 0 Å². The average molecular weight is 411 g/mol. The van der Waals surface area contributed by atoms with Crippen LogP contribution in [0.25, 0.3) is 5.69 Å². The van der Waals surface area contributed by atoms with E-state index in [0.717, 1.165) is 37.3 Å². The Morgan fingerprint density at radius 1 is 1.28 bits per heavy atom. The zero-order chi connectivity index (χ0) is 19.8. The first-order chi connectivity index (χ1) is 14.1. The van der Waals surface area contributed by atoms with Crippen molar-refractivity contribution in [1.29, 1.82) is 0 Å². The van der Waals surface area contributed by atoms with Gasteiger partial charge in [0.05, 0.1) is 23.3 Å². The predicted octanol–water partition coefficient (Wildman–Crippen LogP) is 3.36. The summed E-state index contributed by atoms with van der Waals surface area (Å²) < 4.78 is 8.12. The molecule has 1 aromatic carbocycles. The van der Waals surface area contributed by atoms with Crippen molar-refractivity contribution >= 4 is 11.6 Å². The van der Waals surface area contributed by atoms with Gasteiger partial charge in [0, 0.05) is 18.9 Å². The van der Waals surface area contributed by atoms with E-state index in [1.54, 1.807) is 24.9 Å². The highest BCUT2D eigenvalue weighted by atomic mass is 35.5. The Morgan fingerprint density at radius 3 is 3.03 bits per heavy atom. The van der Waals surface area contributed by atoms with Crippen molar-refractivity contribution in [3.8, 4) is 11.6 Å². The molecular formula is C21H23ClN6O. The van der Waals surface area contributed by atoms with E-state index in [1.165, 1.54) is 11.1 Å². The Labute approximate surface area is 174 Å². The zero-order valence-corrected chi connectivity index (χ0v) is 17.0. The largest absolute Gasteiger partial charge is 0.473 e. The van der Waals surface area contributed by atoms with Crippen molar-refractivity contribution in [3.05, 3.63) is 60.1 Å². The van der Waals surface area contributed by atoms with E-state index in [1.807, 2.05) is 4.57 Å². The van der Waals surface area contributed by atoms with Crippen LogP contribution in [0, 0.1) is 5.92 Å². The lowest BCUT2D eigenvalue weighted by Gasteiger charge is -2.40. The summed E-state index contributed by atoms with van der Waals surface area (Å²) in [5.41, 5.74) is 3.50. The molecule has 3 heterocycles. The molecule has 7 nitrogen and oxygen atoms in total.